The van der Waals surface area contributed by atoms with Crippen LogP contribution in [0.2, 0.25) is 0 Å². The van der Waals surface area contributed by atoms with Gasteiger partial charge in [0.15, 0.2) is 0 Å². The van der Waals surface area contributed by atoms with Crippen molar-refractivity contribution in [3.63, 3.8) is 0 Å². The minimum atomic E-state index is -1.36. The average molecular weight is 270 g/mol. The maximum atomic E-state index is 13.4. The first-order valence-corrected chi connectivity index (χ1v) is 5.53. The summed E-state index contributed by atoms with van der Waals surface area (Å²) in [6, 6.07) is 3.35. The normalized spacial score (nSPS) is 11.9. The number of carboxylic acid groups (broad SMARTS) is 1. The summed E-state index contributed by atoms with van der Waals surface area (Å²) in [5.41, 5.74) is 5.10. The zero-order chi connectivity index (χ0) is 14.4. The molecule has 1 rings (SSSR count). The van der Waals surface area contributed by atoms with Gasteiger partial charge in [0, 0.05) is 19.3 Å². The zero-order valence-corrected chi connectivity index (χ0v) is 10.4. The van der Waals surface area contributed by atoms with Crippen molar-refractivity contribution in [3.8, 4) is 0 Å². The molecule has 1 atom stereocenters. The number of hydrogen-bond donors (Lipinski definition) is 3. The van der Waals surface area contributed by atoms with Gasteiger partial charge in [-0.3, -0.25) is 4.79 Å². The van der Waals surface area contributed by atoms with E-state index in [4.69, 9.17) is 15.6 Å². The number of benzene rings is 1. The Bertz CT molecular complexity index is 475. The Kier molecular flexibility index (Phi) is 5.40. The van der Waals surface area contributed by atoms with Crippen molar-refractivity contribution in [2.75, 3.05) is 19.0 Å². The van der Waals surface area contributed by atoms with Gasteiger partial charge in [-0.1, -0.05) is 0 Å². The second kappa shape index (κ2) is 6.81. The molecule has 6 nitrogen and oxygen atoms in total. The number of hydrogen-bond acceptors (Lipinski definition) is 4. The lowest BCUT2D eigenvalue weighted by Crippen LogP contribution is -2.28. The van der Waals surface area contributed by atoms with Gasteiger partial charge in [0.2, 0.25) is 5.91 Å². The molecule has 0 spiro atoms. The van der Waals surface area contributed by atoms with Gasteiger partial charge in [-0.15, -0.1) is 0 Å². The number of anilines is 1. The SMILES string of the molecule is COC(CN)CC(=O)Nc1ccc(C(=O)O)c(F)c1. The Balaban J connectivity index is 2.70. The monoisotopic (exact) mass is 270 g/mol. The maximum absolute atomic E-state index is 13.4. The molecule has 0 aliphatic heterocycles. The second-order valence-electron chi connectivity index (χ2n) is 3.85. The number of aromatic carboxylic acids is 1. The van der Waals surface area contributed by atoms with Crippen LogP contribution in [0.5, 0.6) is 0 Å². The van der Waals surface area contributed by atoms with Crippen LogP contribution >= 0.6 is 0 Å². The lowest BCUT2D eigenvalue weighted by Gasteiger charge is -2.12. The summed E-state index contributed by atoms with van der Waals surface area (Å²) in [5, 5.41) is 11.1. The molecule has 7 heteroatoms. The van der Waals surface area contributed by atoms with Crippen molar-refractivity contribution in [2.45, 2.75) is 12.5 Å². The molecule has 104 valence electrons. The minimum Gasteiger partial charge on any atom is -0.478 e. The molecule has 0 bridgehead atoms. The lowest BCUT2D eigenvalue weighted by atomic mass is 10.2. The molecule has 4 N–H and O–H groups in total. The summed E-state index contributed by atoms with van der Waals surface area (Å²) in [6.45, 7) is 0.191. The number of amides is 1. The van der Waals surface area contributed by atoms with E-state index in [0.717, 1.165) is 12.1 Å². The first-order valence-electron chi connectivity index (χ1n) is 5.53. The molecule has 1 aromatic carbocycles. The van der Waals surface area contributed by atoms with Crippen LogP contribution in [0.4, 0.5) is 10.1 Å². The molecule has 0 saturated carbocycles. The van der Waals surface area contributed by atoms with E-state index in [2.05, 4.69) is 5.32 Å². The lowest BCUT2D eigenvalue weighted by molar-refractivity contribution is -0.118. The molecule has 0 aliphatic rings. The molecule has 0 fully saturated rings. The second-order valence-corrected chi connectivity index (χ2v) is 3.85. The van der Waals surface area contributed by atoms with E-state index in [1.165, 1.54) is 13.2 Å². The van der Waals surface area contributed by atoms with Crippen LogP contribution in [-0.2, 0) is 9.53 Å². The fourth-order valence-electron chi connectivity index (χ4n) is 1.45. The number of methoxy groups -OCH3 is 1. The van der Waals surface area contributed by atoms with Crippen LogP contribution in [0.15, 0.2) is 18.2 Å². The molecular formula is C12H15FN2O4. The number of ether oxygens (including phenoxy) is 1. The highest BCUT2D eigenvalue weighted by atomic mass is 19.1. The Labute approximate surface area is 109 Å². The smallest absolute Gasteiger partial charge is 0.338 e. The van der Waals surface area contributed by atoms with E-state index in [0.29, 0.717) is 0 Å². The van der Waals surface area contributed by atoms with Gasteiger partial charge in [-0.05, 0) is 18.2 Å². The topological polar surface area (TPSA) is 102 Å². The Hall–Kier alpha value is -1.99. The number of halogens is 1. The molecule has 0 saturated heterocycles. The van der Waals surface area contributed by atoms with Gasteiger partial charge < -0.3 is 20.9 Å². The van der Waals surface area contributed by atoms with E-state index in [1.54, 1.807) is 0 Å². The van der Waals surface area contributed by atoms with Gasteiger partial charge in [-0.25, -0.2) is 9.18 Å². The number of nitrogens with two attached hydrogens (primary N) is 1. The molecule has 0 aliphatic carbocycles. The standard InChI is InChI=1S/C12H15FN2O4/c1-19-8(6-14)5-11(16)15-7-2-3-9(12(17)18)10(13)4-7/h2-4,8H,5-6,14H2,1H3,(H,15,16)(H,17,18). The van der Waals surface area contributed by atoms with Gasteiger partial charge in [-0.2, -0.15) is 0 Å². The number of carbonyl (C=O) groups is 2. The molecule has 0 aromatic heterocycles. The van der Waals surface area contributed by atoms with E-state index in [1.807, 2.05) is 0 Å². The van der Waals surface area contributed by atoms with E-state index in [-0.39, 0.29) is 24.6 Å². The first-order chi connectivity index (χ1) is 8.97. The highest BCUT2D eigenvalue weighted by Crippen LogP contribution is 2.15. The molecule has 1 amide bonds. The predicted molar refractivity (Wildman–Crippen MR) is 66.5 cm³/mol. The summed E-state index contributed by atoms with van der Waals surface area (Å²) in [5.74, 6) is -2.66. The molecule has 0 radical (unpaired) electrons. The summed E-state index contributed by atoms with van der Waals surface area (Å²) in [6.07, 6.45) is -0.377. The fourth-order valence-corrected chi connectivity index (χ4v) is 1.45. The van der Waals surface area contributed by atoms with Gasteiger partial charge >= 0.3 is 5.97 Å². The summed E-state index contributed by atoms with van der Waals surface area (Å²) in [4.78, 5) is 22.2. The third-order valence-electron chi connectivity index (χ3n) is 2.49. The van der Waals surface area contributed by atoms with Crippen molar-refractivity contribution in [1.82, 2.24) is 0 Å². The van der Waals surface area contributed by atoms with E-state index < -0.39 is 23.5 Å². The zero-order valence-electron chi connectivity index (χ0n) is 10.4. The van der Waals surface area contributed by atoms with Crippen LogP contribution in [0.3, 0.4) is 0 Å². The highest BCUT2D eigenvalue weighted by molar-refractivity contribution is 5.92. The largest absolute Gasteiger partial charge is 0.478 e. The van der Waals surface area contributed by atoms with Crippen LogP contribution < -0.4 is 11.1 Å². The molecule has 1 unspecified atom stereocenters. The van der Waals surface area contributed by atoms with Crippen LogP contribution in [0.1, 0.15) is 16.8 Å². The third kappa shape index (κ3) is 4.31. The minimum absolute atomic E-state index is 0.0370. The number of rotatable bonds is 6. The summed E-state index contributed by atoms with van der Waals surface area (Å²) < 4.78 is 18.3. The highest BCUT2D eigenvalue weighted by Gasteiger charge is 2.14. The van der Waals surface area contributed by atoms with Gasteiger partial charge in [0.1, 0.15) is 5.82 Å². The third-order valence-corrected chi connectivity index (χ3v) is 2.49. The maximum Gasteiger partial charge on any atom is 0.338 e. The summed E-state index contributed by atoms with van der Waals surface area (Å²) >= 11 is 0. The van der Waals surface area contributed by atoms with Gasteiger partial charge in [0.25, 0.3) is 0 Å². The van der Waals surface area contributed by atoms with Crippen LogP contribution in [-0.4, -0.2) is 36.7 Å². The Morgan fingerprint density at radius 1 is 1.53 bits per heavy atom. The Morgan fingerprint density at radius 2 is 2.21 bits per heavy atom. The van der Waals surface area contributed by atoms with Crippen molar-refractivity contribution >= 4 is 17.6 Å². The van der Waals surface area contributed by atoms with Crippen molar-refractivity contribution in [3.05, 3.63) is 29.6 Å². The van der Waals surface area contributed by atoms with Crippen LogP contribution in [0.25, 0.3) is 0 Å². The molecular weight excluding hydrogens is 255 g/mol. The van der Waals surface area contributed by atoms with Crippen molar-refractivity contribution in [2.24, 2.45) is 5.73 Å². The van der Waals surface area contributed by atoms with Gasteiger partial charge in [0.05, 0.1) is 18.1 Å². The first kappa shape index (κ1) is 15.1. The van der Waals surface area contributed by atoms with E-state index in [9.17, 15) is 14.0 Å². The predicted octanol–water partition coefficient (Wildman–Crippen LogP) is 0.826. The Morgan fingerprint density at radius 3 is 2.68 bits per heavy atom. The number of carboxylic acids is 1. The molecule has 0 heterocycles. The molecule has 19 heavy (non-hydrogen) atoms. The average Bonchev–Trinajstić information content (AvgIpc) is 2.35. The number of nitrogens with one attached hydrogen (secondary N) is 1. The quantitative estimate of drug-likeness (QED) is 0.710. The van der Waals surface area contributed by atoms with E-state index >= 15 is 0 Å². The summed E-state index contributed by atoms with van der Waals surface area (Å²) in [7, 11) is 1.44. The van der Waals surface area contributed by atoms with Crippen molar-refractivity contribution in [1.29, 1.82) is 0 Å². The fraction of sp³-hybridized carbons (Fsp3) is 0.333. The number of carbonyl (C=O) groups excluding carboxylic acids is 1. The van der Waals surface area contributed by atoms with Crippen LogP contribution in [0, 0.1) is 5.82 Å². The molecule has 1 aromatic rings. The van der Waals surface area contributed by atoms with Crippen molar-refractivity contribution < 1.29 is 23.8 Å².